The number of amides is 4. The fraction of sp³-hybridized carbons (Fsp3) is 0.786. The zero-order chi connectivity index (χ0) is 15.5. The Bertz CT molecular complexity index is 470. The van der Waals surface area contributed by atoms with Crippen LogP contribution in [0.5, 0.6) is 0 Å². The Morgan fingerprint density at radius 3 is 2.33 bits per heavy atom. The lowest BCUT2D eigenvalue weighted by Gasteiger charge is -2.38. The third-order valence-corrected chi connectivity index (χ3v) is 5.19. The molecule has 118 valence electrons. The van der Waals surface area contributed by atoms with Crippen LogP contribution in [0.15, 0.2) is 0 Å². The first-order valence-corrected chi connectivity index (χ1v) is 9.17. The number of imide groups is 2. The van der Waals surface area contributed by atoms with Gasteiger partial charge in [0, 0.05) is 29.4 Å². The molecule has 0 radical (unpaired) electrons. The third-order valence-electron chi connectivity index (χ3n) is 4.33. The lowest BCUT2D eigenvalue weighted by atomic mass is 9.77. The number of rotatable bonds is 4. The standard InChI is InChI=1S/C14H22N2O4S/c1-21(20)10-6-9-16-12(18)14(11(17)15-13(16)19)7-4-2-3-5-8-14/h2-10H2,1H3,(H,15,17,19). The molecule has 1 spiro atoms. The number of hydrogen-bond donors (Lipinski definition) is 1. The quantitative estimate of drug-likeness (QED) is 0.790. The highest BCUT2D eigenvalue weighted by atomic mass is 32.2. The molecule has 1 heterocycles. The molecule has 0 bridgehead atoms. The first-order chi connectivity index (χ1) is 9.97. The summed E-state index contributed by atoms with van der Waals surface area (Å²) in [6.45, 7) is 0.222. The van der Waals surface area contributed by atoms with Gasteiger partial charge in [0.05, 0.1) is 0 Å². The third kappa shape index (κ3) is 3.33. The van der Waals surface area contributed by atoms with Gasteiger partial charge in [-0.2, -0.15) is 0 Å². The number of urea groups is 1. The van der Waals surface area contributed by atoms with Crippen LogP contribution >= 0.6 is 0 Å². The average molecular weight is 314 g/mol. The van der Waals surface area contributed by atoms with Crippen LogP contribution in [-0.4, -0.2) is 45.5 Å². The van der Waals surface area contributed by atoms with Crippen molar-refractivity contribution in [2.24, 2.45) is 5.41 Å². The van der Waals surface area contributed by atoms with Gasteiger partial charge in [-0.25, -0.2) is 4.79 Å². The minimum atomic E-state index is -1.06. The normalized spacial score (nSPS) is 23.9. The Morgan fingerprint density at radius 2 is 1.76 bits per heavy atom. The highest BCUT2D eigenvalue weighted by Crippen LogP contribution is 2.39. The topological polar surface area (TPSA) is 83.6 Å². The van der Waals surface area contributed by atoms with Crippen LogP contribution in [0.4, 0.5) is 4.79 Å². The van der Waals surface area contributed by atoms with E-state index in [1.807, 2.05) is 0 Å². The molecule has 1 aliphatic carbocycles. The Morgan fingerprint density at radius 1 is 1.14 bits per heavy atom. The van der Waals surface area contributed by atoms with Gasteiger partial charge in [-0.15, -0.1) is 0 Å². The predicted octanol–water partition coefficient (Wildman–Crippen LogP) is 1.17. The summed E-state index contributed by atoms with van der Waals surface area (Å²) in [7, 11) is -0.952. The largest absolute Gasteiger partial charge is 0.330 e. The van der Waals surface area contributed by atoms with Crippen LogP contribution in [0.3, 0.4) is 0 Å². The second-order valence-electron chi connectivity index (χ2n) is 5.84. The Labute approximate surface area is 127 Å². The van der Waals surface area contributed by atoms with Crippen molar-refractivity contribution in [3.8, 4) is 0 Å². The first kappa shape index (κ1) is 16.1. The Balaban J connectivity index is 2.14. The van der Waals surface area contributed by atoms with Crippen LogP contribution in [0, 0.1) is 5.41 Å². The number of carbonyl (C=O) groups excluding carboxylic acids is 3. The van der Waals surface area contributed by atoms with Gasteiger partial charge in [0.25, 0.3) is 0 Å². The van der Waals surface area contributed by atoms with Crippen molar-refractivity contribution in [1.29, 1.82) is 0 Å². The van der Waals surface area contributed by atoms with Crippen LogP contribution in [-0.2, 0) is 20.4 Å². The molecule has 1 aliphatic heterocycles. The van der Waals surface area contributed by atoms with E-state index >= 15 is 0 Å². The highest BCUT2D eigenvalue weighted by molar-refractivity contribution is 7.84. The van der Waals surface area contributed by atoms with Gasteiger partial charge in [0.1, 0.15) is 5.41 Å². The molecule has 0 aromatic heterocycles. The van der Waals surface area contributed by atoms with Gasteiger partial charge in [-0.3, -0.25) is 24.0 Å². The van der Waals surface area contributed by atoms with Crippen molar-refractivity contribution in [3.05, 3.63) is 0 Å². The lowest BCUT2D eigenvalue weighted by Crippen LogP contribution is -2.63. The molecule has 4 amide bonds. The van der Waals surface area contributed by atoms with E-state index in [4.69, 9.17) is 0 Å². The summed E-state index contributed by atoms with van der Waals surface area (Å²) in [6, 6.07) is -0.637. The molecule has 0 aromatic rings. The van der Waals surface area contributed by atoms with E-state index in [0.29, 0.717) is 25.0 Å². The zero-order valence-corrected chi connectivity index (χ0v) is 13.2. The van der Waals surface area contributed by atoms with Gasteiger partial charge < -0.3 is 0 Å². The summed E-state index contributed by atoms with van der Waals surface area (Å²) in [5.74, 6) is -0.354. The zero-order valence-electron chi connectivity index (χ0n) is 12.4. The van der Waals surface area contributed by atoms with Gasteiger partial charge >= 0.3 is 6.03 Å². The molecule has 6 nitrogen and oxygen atoms in total. The monoisotopic (exact) mass is 314 g/mol. The predicted molar refractivity (Wildman–Crippen MR) is 78.9 cm³/mol. The summed E-state index contributed by atoms with van der Waals surface area (Å²) in [6.07, 6.45) is 6.82. The van der Waals surface area contributed by atoms with E-state index in [2.05, 4.69) is 5.32 Å². The molecule has 1 saturated heterocycles. The molecule has 1 unspecified atom stereocenters. The van der Waals surface area contributed by atoms with Crippen molar-refractivity contribution in [2.75, 3.05) is 18.6 Å². The van der Waals surface area contributed by atoms with Crippen LogP contribution in [0.1, 0.15) is 44.9 Å². The lowest BCUT2D eigenvalue weighted by molar-refractivity contribution is -0.152. The van der Waals surface area contributed by atoms with Crippen LogP contribution < -0.4 is 5.32 Å². The summed E-state index contributed by atoms with van der Waals surface area (Å²) in [5.41, 5.74) is -1.06. The minimum absolute atomic E-state index is 0.222. The molecule has 1 N–H and O–H groups in total. The van der Waals surface area contributed by atoms with E-state index in [1.165, 1.54) is 0 Å². The van der Waals surface area contributed by atoms with Gasteiger partial charge in [0.15, 0.2) is 0 Å². The maximum atomic E-state index is 12.7. The number of carbonyl (C=O) groups is 3. The van der Waals surface area contributed by atoms with Crippen LogP contribution in [0.25, 0.3) is 0 Å². The second kappa shape index (κ2) is 6.68. The number of hydrogen-bond acceptors (Lipinski definition) is 4. The van der Waals surface area contributed by atoms with E-state index in [9.17, 15) is 18.6 Å². The highest BCUT2D eigenvalue weighted by Gasteiger charge is 2.53. The minimum Gasteiger partial charge on any atom is -0.277 e. The molecule has 7 heteroatoms. The van der Waals surface area contributed by atoms with Crippen molar-refractivity contribution < 1.29 is 18.6 Å². The summed E-state index contributed by atoms with van der Waals surface area (Å²) in [5, 5.41) is 2.34. The maximum absolute atomic E-state index is 12.7. The molecule has 21 heavy (non-hydrogen) atoms. The molecular weight excluding hydrogens is 292 g/mol. The van der Waals surface area contributed by atoms with Crippen molar-refractivity contribution in [1.82, 2.24) is 10.2 Å². The number of barbiturate groups is 1. The van der Waals surface area contributed by atoms with Gasteiger partial charge in [-0.1, -0.05) is 25.7 Å². The second-order valence-corrected chi connectivity index (χ2v) is 7.40. The maximum Gasteiger partial charge on any atom is 0.330 e. The summed E-state index contributed by atoms with van der Waals surface area (Å²) in [4.78, 5) is 38.0. The average Bonchev–Trinajstić information content (AvgIpc) is 2.67. The SMILES string of the molecule is CS(=O)CCCN1C(=O)NC(=O)C2(CCCCCC2)C1=O. The summed E-state index contributed by atoms with van der Waals surface area (Å²) < 4.78 is 11.1. The molecule has 2 rings (SSSR count). The molecule has 0 aromatic carbocycles. The fourth-order valence-corrected chi connectivity index (χ4v) is 3.67. The van der Waals surface area contributed by atoms with E-state index < -0.39 is 28.2 Å². The molecule has 2 aliphatic rings. The molecule has 1 atom stereocenters. The van der Waals surface area contributed by atoms with Crippen molar-refractivity contribution in [3.63, 3.8) is 0 Å². The van der Waals surface area contributed by atoms with E-state index in [0.717, 1.165) is 30.6 Å². The Kier molecular flexibility index (Phi) is 5.13. The first-order valence-electron chi connectivity index (χ1n) is 7.45. The van der Waals surface area contributed by atoms with Crippen molar-refractivity contribution in [2.45, 2.75) is 44.9 Å². The smallest absolute Gasteiger partial charge is 0.277 e. The van der Waals surface area contributed by atoms with Crippen molar-refractivity contribution >= 4 is 28.6 Å². The van der Waals surface area contributed by atoms with Gasteiger partial charge in [0.2, 0.25) is 11.8 Å². The number of nitrogens with zero attached hydrogens (tertiary/aromatic N) is 1. The number of nitrogens with one attached hydrogen (secondary N) is 1. The van der Waals surface area contributed by atoms with E-state index in [1.54, 1.807) is 6.26 Å². The molecule has 2 fully saturated rings. The Hall–Kier alpha value is -1.24. The van der Waals surface area contributed by atoms with Gasteiger partial charge in [-0.05, 0) is 19.3 Å². The fourth-order valence-electron chi connectivity index (χ4n) is 3.13. The summed E-state index contributed by atoms with van der Waals surface area (Å²) >= 11 is 0. The van der Waals surface area contributed by atoms with E-state index in [-0.39, 0.29) is 12.5 Å². The molecular formula is C14H22N2O4S. The van der Waals surface area contributed by atoms with Crippen LogP contribution in [0.2, 0.25) is 0 Å². The molecule has 1 saturated carbocycles.